The summed E-state index contributed by atoms with van der Waals surface area (Å²) in [6.45, 7) is 5.54. The monoisotopic (exact) mass is 506 g/mol. The van der Waals surface area contributed by atoms with Crippen molar-refractivity contribution in [3.8, 4) is 34.8 Å². The fourth-order valence-corrected chi connectivity index (χ4v) is 4.26. The molecule has 10 heteroatoms. The van der Waals surface area contributed by atoms with Crippen LogP contribution in [0.1, 0.15) is 12.0 Å². The molecule has 1 N–H and O–H groups in total. The lowest BCUT2D eigenvalue weighted by molar-refractivity contribution is 0.0357. The van der Waals surface area contributed by atoms with Crippen molar-refractivity contribution in [2.24, 2.45) is 0 Å². The fraction of sp³-hybridized carbons (Fsp3) is 0.407. The summed E-state index contributed by atoms with van der Waals surface area (Å²) < 4.78 is 33.6. The number of methoxy groups -OCH3 is 2. The van der Waals surface area contributed by atoms with Gasteiger partial charge in [0.2, 0.25) is 6.79 Å². The van der Waals surface area contributed by atoms with Crippen LogP contribution in [0.2, 0.25) is 0 Å². The highest BCUT2D eigenvalue weighted by molar-refractivity contribution is 5.93. The summed E-state index contributed by atoms with van der Waals surface area (Å²) in [5.41, 5.74) is 2.18. The van der Waals surface area contributed by atoms with Gasteiger partial charge in [0.15, 0.2) is 23.0 Å². The summed E-state index contributed by atoms with van der Waals surface area (Å²) in [6, 6.07) is 7.54. The van der Waals surface area contributed by atoms with Gasteiger partial charge in [0.05, 0.1) is 43.7 Å². The second kappa shape index (κ2) is 12.0. The van der Waals surface area contributed by atoms with Crippen molar-refractivity contribution in [2.45, 2.75) is 6.42 Å². The predicted octanol–water partition coefficient (Wildman–Crippen LogP) is 3.21. The number of hydrogen-bond acceptors (Lipinski definition) is 10. The number of morpholine rings is 1. The number of ether oxygens (including phenoxy) is 6. The Balaban J connectivity index is 1.34. The standard InChI is InChI=1S/C27H30N4O6/c1-32-11-3-5-19-6-7-21(26-25(19)36-18-37-26)30-27-20-15-23(33-2)24(16-22(20)28-17-29-27)35-12-4-8-31-9-13-34-14-10-31/h6-7,15-17H,4,8-14,18H2,1-2H3,(H,28,29,30). The smallest absolute Gasteiger partial charge is 0.231 e. The van der Waals surface area contributed by atoms with E-state index in [1.54, 1.807) is 14.2 Å². The first-order valence-corrected chi connectivity index (χ1v) is 12.2. The van der Waals surface area contributed by atoms with Crippen molar-refractivity contribution in [1.29, 1.82) is 0 Å². The topological polar surface area (TPSA) is 96.4 Å². The first kappa shape index (κ1) is 24.9. The van der Waals surface area contributed by atoms with Crippen LogP contribution >= 0.6 is 0 Å². The Morgan fingerprint density at radius 3 is 2.76 bits per heavy atom. The molecule has 37 heavy (non-hydrogen) atoms. The van der Waals surface area contributed by atoms with Crippen molar-refractivity contribution in [1.82, 2.24) is 14.9 Å². The molecule has 0 aliphatic carbocycles. The summed E-state index contributed by atoms with van der Waals surface area (Å²) in [6.07, 6.45) is 2.43. The predicted molar refractivity (Wildman–Crippen MR) is 138 cm³/mol. The molecule has 3 aromatic rings. The van der Waals surface area contributed by atoms with E-state index in [2.05, 4.69) is 32.0 Å². The molecule has 2 aromatic carbocycles. The maximum absolute atomic E-state index is 6.08. The minimum atomic E-state index is 0.123. The third-order valence-electron chi connectivity index (χ3n) is 6.11. The van der Waals surface area contributed by atoms with Gasteiger partial charge in [-0.1, -0.05) is 11.8 Å². The van der Waals surface area contributed by atoms with Crippen LogP contribution in [-0.2, 0) is 9.47 Å². The largest absolute Gasteiger partial charge is 0.493 e. The molecule has 1 saturated heterocycles. The van der Waals surface area contributed by atoms with Crippen LogP contribution in [0.5, 0.6) is 23.0 Å². The van der Waals surface area contributed by atoms with Crippen LogP contribution in [0.4, 0.5) is 11.5 Å². The molecule has 0 atom stereocenters. The number of aromatic nitrogens is 2. The molecule has 0 spiro atoms. The van der Waals surface area contributed by atoms with E-state index >= 15 is 0 Å². The number of nitrogens with one attached hydrogen (secondary N) is 1. The zero-order valence-corrected chi connectivity index (χ0v) is 21.0. The average Bonchev–Trinajstić information content (AvgIpc) is 3.43. The molecular weight excluding hydrogens is 476 g/mol. The van der Waals surface area contributed by atoms with Gasteiger partial charge in [-0.25, -0.2) is 9.97 Å². The highest BCUT2D eigenvalue weighted by Crippen LogP contribution is 2.43. The molecule has 2 aliphatic rings. The zero-order chi connectivity index (χ0) is 25.5. The molecule has 1 aromatic heterocycles. The SMILES string of the molecule is COCC#Cc1ccc(Nc2ncnc3cc(OCCCN4CCOCC4)c(OC)cc23)c2c1OCO2. The second-order valence-corrected chi connectivity index (χ2v) is 8.48. The van der Waals surface area contributed by atoms with Crippen molar-refractivity contribution in [3.63, 3.8) is 0 Å². The van der Waals surface area contributed by atoms with E-state index in [1.807, 2.05) is 24.3 Å². The number of nitrogens with zero attached hydrogens (tertiary/aromatic N) is 3. The lowest BCUT2D eigenvalue weighted by atomic mass is 10.1. The van der Waals surface area contributed by atoms with E-state index in [0.717, 1.165) is 55.7 Å². The Bertz CT molecular complexity index is 1300. The number of fused-ring (bicyclic) bond motifs is 2. The van der Waals surface area contributed by atoms with Gasteiger partial charge >= 0.3 is 0 Å². The maximum atomic E-state index is 6.08. The Hall–Kier alpha value is -3.78. The Labute approximate surface area is 215 Å². The quantitative estimate of drug-likeness (QED) is 0.344. The van der Waals surface area contributed by atoms with Crippen molar-refractivity contribution >= 4 is 22.4 Å². The van der Waals surface area contributed by atoms with Crippen LogP contribution in [0.15, 0.2) is 30.6 Å². The van der Waals surface area contributed by atoms with Gasteiger partial charge in [0.25, 0.3) is 0 Å². The van der Waals surface area contributed by atoms with Gasteiger partial charge in [0, 0.05) is 38.2 Å². The lowest BCUT2D eigenvalue weighted by Crippen LogP contribution is -2.37. The normalized spacial score (nSPS) is 14.8. The highest BCUT2D eigenvalue weighted by atomic mass is 16.7. The molecule has 194 valence electrons. The summed E-state index contributed by atoms with van der Waals surface area (Å²) in [7, 11) is 3.23. The minimum Gasteiger partial charge on any atom is -0.493 e. The third-order valence-corrected chi connectivity index (χ3v) is 6.11. The van der Waals surface area contributed by atoms with Crippen LogP contribution in [0.3, 0.4) is 0 Å². The van der Waals surface area contributed by atoms with Gasteiger partial charge in [-0.2, -0.15) is 0 Å². The van der Waals surface area contributed by atoms with Crippen molar-refractivity contribution in [2.75, 3.05) is 72.4 Å². The van der Waals surface area contributed by atoms with Crippen molar-refractivity contribution in [3.05, 3.63) is 36.2 Å². The molecule has 0 bridgehead atoms. The Kier molecular flexibility index (Phi) is 8.05. The molecule has 0 radical (unpaired) electrons. The van der Waals surface area contributed by atoms with Crippen LogP contribution in [0.25, 0.3) is 10.9 Å². The van der Waals surface area contributed by atoms with Gasteiger partial charge in [-0.3, -0.25) is 4.90 Å². The van der Waals surface area contributed by atoms with Crippen LogP contribution in [0, 0.1) is 11.8 Å². The van der Waals surface area contributed by atoms with Gasteiger partial charge in [-0.05, 0) is 24.6 Å². The number of rotatable bonds is 9. The molecule has 0 saturated carbocycles. The summed E-state index contributed by atoms with van der Waals surface area (Å²) in [5.74, 6) is 9.06. The summed E-state index contributed by atoms with van der Waals surface area (Å²) >= 11 is 0. The second-order valence-electron chi connectivity index (χ2n) is 8.48. The van der Waals surface area contributed by atoms with E-state index in [9.17, 15) is 0 Å². The maximum Gasteiger partial charge on any atom is 0.231 e. The molecular formula is C27H30N4O6. The van der Waals surface area contributed by atoms with E-state index in [0.29, 0.717) is 47.7 Å². The van der Waals surface area contributed by atoms with Gasteiger partial charge in [-0.15, -0.1) is 0 Å². The van der Waals surface area contributed by atoms with E-state index < -0.39 is 0 Å². The van der Waals surface area contributed by atoms with E-state index in [-0.39, 0.29) is 6.79 Å². The molecule has 0 unspecified atom stereocenters. The minimum absolute atomic E-state index is 0.123. The third kappa shape index (κ3) is 5.80. The Morgan fingerprint density at radius 1 is 1.05 bits per heavy atom. The molecule has 5 rings (SSSR count). The average molecular weight is 507 g/mol. The van der Waals surface area contributed by atoms with Gasteiger partial charge < -0.3 is 33.7 Å². The lowest BCUT2D eigenvalue weighted by Gasteiger charge is -2.26. The molecule has 0 amide bonds. The van der Waals surface area contributed by atoms with Crippen LogP contribution < -0.4 is 24.3 Å². The van der Waals surface area contributed by atoms with Crippen LogP contribution in [-0.4, -0.2) is 81.9 Å². The summed E-state index contributed by atoms with van der Waals surface area (Å²) in [4.78, 5) is 11.3. The summed E-state index contributed by atoms with van der Waals surface area (Å²) in [5, 5.41) is 4.15. The Morgan fingerprint density at radius 2 is 1.92 bits per heavy atom. The zero-order valence-electron chi connectivity index (χ0n) is 21.0. The first-order chi connectivity index (χ1) is 18.3. The van der Waals surface area contributed by atoms with Gasteiger partial charge in [0.1, 0.15) is 18.8 Å². The highest BCUT2D eigenvalue weighted by Gasteiger charge is 2.22. The van der Waals surface area contributed by atoms with Crippen molar-refractivity contribution < 1.29 is 28.4 Å². The van der Waals surface area contributed by atoms with E-state index in [4.69, 9.17) is 28.4 Å². The molecule has 2 aliphatic heterocycles. The first-order valence-electron chi connectivity index (χ1n) is 12.2. The number of anilines is 2. The molecule has 3 heterocycles. The fourth-order valence-electron chi connectivity index (χ4n) is 4.26. The molecule has 10 nitrogen and oxygen atoms in total. The number of hydrogen-bond donors (Lipinski definition) is 1. The number of benzene rings is 2. The molecule has 1 fully saturated rings. The van der Waals surface area contributed by atoms with E-state index in [1.165, 1.54) is 6.33 Å².